The molecule has 0 spiro atoms. The van der Waals surface area contributed by atoms with E-state index in [4.69, 9.17) is 0 Å². The molecule has 1 amide bonds. The molecule has 0 aliphatic carbocycles. The molecule has 1 unspecified atom stereocenters. The summed E-state index contributed by atoms with van der Waals surface area (Å²) in [4.78, 5) is 14.3. The molecule has 0 radical (unpaired) electrons. The number of nitrogens with one attached hydrogen (secondary N) is 1. The maximum absolute atomic E-state index is 12.2. The number of amides is 1. The number of hydrogen-bond donors (Lipinski definition) is 1. The Kier molecular flexibility index (Phi) is 6.39. The minimum atomic E-state index is -0.637. The molecule has 4 heteroatoms. The quantitative estimate of drug-likeness (QED) is 0.835. The van der Waals surface area contributed by atoms with Crippen LogP contribution >= 0.6 is 0 Å². The predicted molar refractivity (Wildman–Crippen MR) is 84.6 cm³/mol. The van der Waals surface area contributed by atoms with Crippen molar-refractivity contribution in [2.45, 2.75) is 20.3 Å². The second kappa shape index (κ2) is 7.80. The highest BCUT2D eigenvalue weighted by Crippen LogP contribution is 2.15. The van der Waals surface area contributed by atoms with Crippen LogP contribution in [0, 0.1) is 22.7 Å². The molecule has 4 nitrogen and oxygen atoms in total. The molecule has 1 rings (SSSR count). The van der Waals surface area contributed by atoms with Crippen molar-refractivity contribution in [1.82, 2.24) is 10.2 Å². The Bertz CT molecular complexity index is 489. The number of nitriles is 1. The van der Waals surface area contributed by atoms with Crippen LogP contribution < -0.4 is 5.32 Å². The molecule has 21 heavy (non-hydrogen) atoms. The van der Waals surface area contributed by atoms with E-state index in [9.17, 15) is 10.1 Å². The molecule has 0 aliphatic rings. The number of carbonyl (C=O) groups is 1. The van der Waals surface area contributed by atoms with Gasteiger partial charge in [0.05, 0.1) is 6.07 Å². The van der Waals surface area contributed by atoms with Gasteiger partial charge < -0.3 is 10.2 Å². The van der Waals surface area contributed by atoms with Gasteiger partial charge in [0, 0.05) is 13.1 Å². The van der Waals surface area contributed by atoms with Crippen LogP contribution in [-0.2, 0) is 11.2 Å². The van der Waals surface area contributed by atoms with Crippen molar-refractivity contribution >= 4 is 5.91 Å². The van der Waals surface area contributed by atoms with Gasteiger partial charge in [-0.05, 0) is 31.5 Å². The van der Waals surface area contributed by atoms with Crippen molar-refractivity contribution in [1.29, 1.82) is 5.26 Å². The Labute approximate surface area is 127 Å². The summed E-state index contributed by atoms with van der Waals surface area (Å²) in [6.07, 6.45) is 0.456. The highest BCUT2D eigenvalue weighted by Gasteiger charge is 2.23. The fourth-order valence-electron chi connectivity index (χ4n) is 2.41. The van der Waals surface area contributed by atoms with Gasteiger partial charge in [0.1, 0.15) is 5.92 Å². The Morgan fingerprint density at radius 1 is 1.33 bits per heavy atom. The third kappa shape index (κ3) is 6.42. The first-order valence-corrected chi connectivity index (χ1v) is 7.20. The Hall–Kier alpha value is -1.86. The molecule has 0 fully saturated rings. The molecule has 0 bridgehead atoms. The zero-order valence-electron chi connectivity index (χ0n) is 13.4. The molecule has 1 aromatic rings. The normalized spacial score (nSPS) is 12.8. The summed E-state index contributed by atoms with van der Waals surface area (Å²) < 4.78 is 0. The molecule has 0 aromatic heterocycles. The van der Waals surface area contributed by atoms with Gasteiger partial charge >= 0.3 is 0 Å². The van der Waals surface area contributed by atoms with Gasteiger partial charge in [-0.3, -0.25) is 4.79 Å². The number of nitrogens with zero attached hydrogens (tertiary/aromatic N) is 2. The first kappa shape index (κ1) is 17.2. The van der Waals surface area contributed by atoms with Crippen LogP contribution in [0.3, 0.4) is 0 Å². The first-order valence-electron chi connectivity index (χ1n) is 7.20. The van der Waals surface area contributed by atoms with Crippen molar-refractivity contribution in [3.8, 4) is 6.07 Å². The van der Waals surface area contributed by atoms with Gasteiger partial charge in [-0.2, -0.15) is 5.26 Å². The van der Waals surface area contributed by atoms with Crippen LogP contribution in [0.15, 0.2) is 30.3 Å². The van der Waals surface area contributed by atoms with E-state index >= 15 is 0 Å². The standard InChI is InChI=1S/C17H25N3O/c1-17(2,13-20(3)4)12-19-16(21)15(11-18)10-14-8-6-5-7-9-14/h5-9,15H,10,12-13H2,1-4H3,(H,19,21). The number of carbonyl (C=O) groups excluding carboxylic acids is 1. The highest BCUT2D eigenvalue weighted by molar-refractivity contribution is 5.81. The fourth-order valence-corrected chi connectivity index (χ4v) is 2.41. The zero-order valence-corrected chi connectivity index (χ0v) is 13.4. The zero-order chi connectivity index (χ0) is 15.9. The van der Waals surface area contributed by atoms with E-state index in [0.29, 0.717) is 13.0 Å². The average molecular weight is 287 g/mol. The van der Waals surface area contributed by atoms with Crippen LogP contribution in [0.1, 0.15) is 19.4 Å². The molecule has 1 N–H and O–H groups in total. The lowest BCUT2D eigenvalue weighted by Crippen LogP contribution is -2.42. The largest absolute Gasteiger partial charge is 0.354 e. The van der Waals surface area contributed by atoms with E-state index in [-0.39, 0.29) is 11.3 Å². The molecule has 0 aliphatic heterocycles. The van der Waals surface area contributed by atoms with Gasteiger partial charge in [-0.1, -0.05) is 44.2 Å². The summed E-state index contributed by atoms with van der Waals surface area (Å²) in [6.45, 7) is 5.65. The van der Waals surface area contributed by atoms with Gasteiger partial charge in [-0.25, -0.2) is 0 Å². The van der Waals surface area contributed by atoms with E-state index in [1.54, 1.807) is 0 Å². The van der Waals surface area contributed by atoms with Crippen molar-refractivity contribution in [2.24, 2.45) is 11.3 Å². The number of hydrogen-bond acceptors (Lipinski definition) is 3. The lowest BCUT2D eigenvalue weighted by atomic mass is 9.92. The van der Waals surface area contributed by atoms with Gasteiger partial charge in [-0.15, -0.1) is 0 Å². The van der Waals surface area contributed by atoms with Gasteiger partial charge in [0.25, 0.3) is 0 Å². The lowest BCUT2D eigenvalue weighted by Gasteiger charge is -2.28. The monoisotopic (exact) mass is 287 g/mol. The van der Waals surface area contributed by atoms with Crippen molar-refractivity contribution in [3.63, 3.8) is 0 Å². The minimum absolute atomic E-state index is 0.0219. The summed E-state index contributed by atoms with van der Waals surface area (Å²) in [5.74, 6) is -0.823. The summed E-state index contributed by atoms with van der Waals surface area (Å²) in [5, 5.41) is 12.1. The van der Waals surface area contributed by atoms with Crippen molar-refractivity contribution < 1.29 is 4.79 Å². The second-order valence-corrected chi connectivity index (χ2v) is 6.49. The summed E-state index contributed by atoms with van der Waals surface area (Å²) in [7, 11) is 4.02. The van der Waals surface area contributed by atoms with Crippen LogP contribution in [0.5, 0.6) is 0 Å². The maximum atomic E-state index is 12.2. The Balaban J connectivity index is 2.55. The fraction of sp³-hybridized carbons (Fsp3) is 0.529. The van der Waals surface area contributed by atoms with E-state index in [1.807, 2.05) is 44.4 Å². The lowest BCUT2D eigenvalue weighted by molar-refractivity contribution is -0.123. The summed E-state index contributed by atoms with van der Waals surface area (Å²) in [5.41, 5.74) is 0.984. The molecule has 1 aromatic carbocycles. The smallest absolute Gasteiger partial charge is 0.237 e. The molecular weight excluding hydrogens is 262 g/mol. The maximum Gasteiger partial charge on any atom is 0.237 e. The Morgan fingerprint density at radius 2 is 1.95 bits per heavy atom. The minimum Gasteiger partial charge on any atom is -0.354 e. The summed E-state index contributed by atoms with van der Waals surface area (Å²) in [6, 6.07) is 11.7. The van der Waals surface area contributed by atoms with E-state index in [0.717, 1.165) is 12.1 Å². The molecule has 0 saturated heterocycles. The Morgan fingerprint density at radius 3 is 2.48 bits per heavy atom. The third-order valence-corrected chi connectivity index (χ3v) is 3.24. The number of benzene rings is 1. The van der Waals surface area contributed by atoms with Crippen molar-refractivity contribution in [3.05, 3.63) is 35.9 Å². The average Bonchev–Trinajstić information content (AvgIpc) is 2.42. The van der Waals surface area contributed by atoms with Crippen molar-refractivity contribution in [2.75, 3.05) is 27.2 Å². The van der Waals surface area contributed by atoms with E-state index in [1.165, 1.54) is 0 Å². The molecule has 0 saturated carbocycles. The van der Waals surface area contributed by atoms with Crippen LogP contribution in [0.4, 0.5) is 0 Å². The summed E-state index contributed by atoms with van der Waals surface area (Å²) >= 11 is 0. The predicted octanol–water partition coefficient (Wildman–Crippen LogP) is 2.07. The number of rotatable bonds is 7. The van der Waals surface area contributed by atoms with Crippen LogP contribution in [-0.4, -0.2) is 38.0 Å². The third-order valence-electron chi connectivity index (χ3n) is 3.24. The highest BCUT2D eigenvalue weighted by atomic mass is 16.1. The molecular formula is C17H25N3O. The van der Waals surface area contributed by atoms with Crippen LogP contribution in [0.2, 0.25) is 0 Å². The topological polar surface area (TPSA) is 56.1 Å². The van der Waals surface area contributed by atoms with Gasteiger partial charge in [0.15, 0.2) is 0 Å². The van der Waals surface area contributed by atoms with E-state index < -0.39 is 5.92 Å². The first-order chi connectivity index (χ1) is 9.84. The van der Waals surface area contributed by atoms with Crippen LogP contribution in [0.25, 0.3) is 0 Å². The molecule has 0 heterocycles. The SMILES string of the molecule is CN(C)CC(C)(C)CNC(=O)C(C#N)Cc1ccccc1. The van der Waals surface area contributed by atoms with Gasteiger partial charge in [0.2, 0.25) is 5.91 Å². The second-order valence-electron chi connectivity index (χ2n) is 6.49. The molecule has 114 valence electrons. The van der Waals surface area contributed by atoms with E-state index in [2.05, 4.69) is 30.1 Å². The molecule has 1 atom stereocenters.